The number of hydrogen-bond acceptors (Lipinski definition) is 3. The van der Waals surface area contributed by atoms with Crippen molar-refractivity contribution in [1.29, 1.82) is 0 Å². The Morgan fingerprint density at radius 2 is 2.21 bits per heavy atom. The minimum Gasteiger partial charge on any atom is -0.375 e. The van der Waals surface area contributed by atoms with Crippen molar-refractivity contribution in [2.75, 3.05) is 25.0 Å². The van der Waals surface area contributed by atoms with E-state index in [1.54, 1.807) is 12.1 Å². The van der Waals surface area contributed by atoms with Crippen molar-refractivity contribution in [3.8, 4) is 0 Å². The summed E-state index contributed by atoms with van der Waals surface area (Å²) in [5.41, 5.74) is 3.30. The number of rotatable bonds is 6. The number of nitrogens with zero attached hydrogens (tertiary/aromatic N) is 2. The van der Waals surface area contributed by atoms with Gasteiger partial charge in [-0.1, -0.05) is 0 Å². The Balaban J connectivity index is 1.39. The summed E-state index contributed by atoms with van der Waals surface area (Å²) in [5.74, 6) is -0.0696. The highest BCUT2D eigenvalue weighted by atomic mass is 19.1. The van der Waals surface area contributed by atoms with Crippen LogP contribution >= 0.6 is 0 Å². The van der Waals surface area contributed by atoms with E-state index >= 15 is 0 Å². The molecule has 1 amide bonds. The fourth-order valence-electron chi connectivity index (χ4n) is 3.13. The van der Waals surface area contributed by atoms with Gasteiger partial charge < -0.3 is 10.2 Å². The maximum absolute atomic E-state index is 12.9. The van der Waals surface area contributed by atoms with E-state index in [2.05, 4.69) is 20.4 Å². The topological polar surface area (TPSA) is 61.0 Å². The van der Waals surface area contributed by atoms with E-state index in [0.717, 1.165) is 43.6 Å². The fraction of sp³-hybridized carbons (Fsp3) is 0.444. The summed E-state index contributed by atoms with van der Waals surface area (Å²) in [7, 11) is 1.97. The zero-order chi connectivity index (χ0) is 16.9. The van der Waals surface area contributed by atoms with Gasteiger partial charge in [0, 0.05) is 43.9 Å². The molecule has 2 N–H and O–H groups in total. The largest absolute Gasteiger partial charge is 0.375 e. The number of benzene rings is 1. The molecule has 1 aromatic heterocycles. The molecule has 0 fully saturated rings. The number of anilines is 1. The second-order valence-corrected chi connectivity index (χ2v) is 6.36. The van der Waals surface area contributed by atoms with Gasteiger partial charge >= 0.3 is 0 Å². The first-order chi connectivity index (χ1) is 11.6. The van der Waals surface area contributed by atoms with Gasteiger partial charge in [-0.05, 0) is 49.1 Å². The van der Waals surface area contributed by atoms with Crippen LogP contribution in [0.5, 0.6) is 0 Å². The standard InChI is InChI=1S/C18H23FN4O/c1-23(16-7-5-15(19)6-8-16)10-2-9-20-18(24)13-3-4-14-12-21-22-17(14)11-13/h5-8,12-13H,2-4,9-11H2,1H3,(H,20,24)(H,21,22)/t13-/m1/s1. The van der Waals surface area contributed by atoms with Gasteiger partial charge in [0.15, 0.2) is 0 Å². The SMILES string of the molecule is CN(CCCNC(=O)[C@@H]1CCc2cn[nH]c2C1)c1ccc(F)cc1. The Hall–Kier alpha value is -2.37. The van der Waals surface area contributed by atoms with Gasteiger partial charge in [0.2, 0.25) is 5.91 Å². The predicted octanol–water partition coefficient (Wildman–Crippen LogP) is 2.30. The van der Waals surface area contributed by atoms with Crippen LogP contribution < -0.4 is 10.2 Å². The number of aromatic nitrogens is 2. The number of amides is 1. The first-order valence-corrected chi connectivity index (χ1v) is 8.39. The third-order valence-electron chi connectivity index (χ3n) is 4.63. The Kier molecular flexibility index (Phi) is 5.13. The van der Waals surface area contributed by atoms with Crippen LogP contribution in [0.2, 0.25) is 0 Å². The number of aryl methyl sites for hydroxylation is 1. The molecule has 3 rings (SSSR count). The molecule has 1 atom stereocenters. The molecule has 128 valence electrons. The van der Waals surface area contributed by atoms with Gasteiger partial charge in [-0.2, -0.15) is 5.10 Å². The molecule has 0 bridgehead atoms. The van der Waals surface area contributed by atoms with Crippen molar-refractivity contribution < 1.29 is 9.18 Å². The Labute approximate surface area is 141 Å². The highest BCUT2D eigenvalue weighted by Gasteiger charge is 2.25. The summed E-state index contributed by atoms with van der Waals surface area (Å²) >= 11 is 0. The molecule has 0 saturated carbocycles. The average molecular weight is 330 g/mol. The summed E-state index contributed by atoms with van der Waals surface area (Å²) in [6, 6.07) is 6.44. The number of carbonyl (C=O) groups excluding carboxylic acids is 1. The van der Waals surface area contributed by atoms with E-state index in [4.69, 9.17) is 0 Å². The molecule has 24 heavy (non-hydrogen) atoms. The van der Waals surface area contributed by atoms with Gasteiger partial charge in [-0.3, -0.25) is 9.89 Å². The van der Waals surface area contributed by atoms with Gasteiger partial charge in [0.1, 0.15) is 5.82 Å². The van der Waals surface area contributed by atoms with Crippen LogP contribution in [0.3, 0.4) is 0 Å². The summed E-state index contributed by atoms with van der Waals surface area (Å²) in [4.78, 5) is 14.3. The normalized spacial score (nSPS) is 16.5. The first-order valence-electron chi connectivity index (χ1n) is 8.39. The molecule has 0 unspecified atom stereocenters. The highest BCUT2D eigenvalue weighted by Crippen LogP contribution is 2.23. The second-order valence-electron chi connectivity index (χ2n) is 6.36. The van der Waals surface area contributed by atoms with Crippen LogP contribution in [0, 0.1) is 11.7 Å². The molecule has 1 heterocycles. The number of fused-ring (bicyclic) bond motifs is 1. The molecule has 6 heteroatoms. The lowest BCUT2D eigenvalue weighted by atomic mass is 9.87. The third kappa shape index (κ3) is 3.93. The summed E-state index contributed by atoms with van der Waals surface area (Å²) in [6.45, 7) is 1.46. The fourth-order valence-corrected chi connectivity index (χ4v) is 3.13. The first kappa shape index (κ1) is 16.5. The minimum atomic E-state index is -0.229. The molecule has 1 aliphatic carbocycles. The van der Waals surface area contributed by atoms with Crippen molar-refractivity contribution in [2.24, 2.45) is 5.92 Å². The average Bonchev–Trinajstić information content (AvgIpc) is 3.06. The van der Waals surface area contributed by atoms with E-state index in [-0.39, 0.29) is 17.6 Å². The van der Waals surface area contributed by atoms with Crippen LogP contribution in [0.25, 0.3) is 0 Å². The number of carbonyl (C=O) groups is 1. The van der Waals surface area contributed by atoms with E-state index in [9.17, 15) is 9.18 Å². The van der Waals surface area contributed by atoms with Crippen molar-refractivity contribution >= 4 is 11.6 Å². The Bertz CT molecular complexity index is 683. The maximum Gasteiger partial charge on any atom is 0.223 e. The van der Waals surface area contributed by atoms with Gasteiger partial charge in [0.05, 0.1) is 6.20 Å². The van der Waals surface area contributed by atoms with Crippen LogP contribution in [0.15, 0.2) is 30.5 Å². The molecule has 5 nitrogen and oxygen atoms in total. The molecular weight excluding hydrogens is 307 g/mol. The quantitative estimate of drug-likeness (QED) is 0.799. The number of aromatic amines is 1. The molecule has 0 aliphatic heterocycles. The van der Waals surface area contributed by atoms with Gasteiger partial charge in [-0.15, -0.1) is 0 Å². The molecule has 1 aromatic carbocycles. The third-order valence-corrected chi connectivity index (χ3v) is 4.63. The van der Waals surface area contributed by atoms with Crippen molar-refractivity contribution in [2.45, 2.75) is 25.7 Å². The van der Waals surface area contributed by atoms with E-state index in [0.29, 0.717) is 6.54 Å². The molecule has 2 aromatic rings. The summed E-state index contributed by atoms with van der Waals surface area (Å²) in [6.07, 6.45) is 5.25. The lowest BCUT2D eigenvalue weighted by Crippen LogP contribution is -2.35. The summed E-state index contributed by atoms with van der Waals surface area (Å²) in [5, 5.41) is 10.1. The minimum absolute atomic E-state index is 0.0350. The van der Waals surface area contributed by atoms with E-state index in [1.165, 1.54) is 17.7 Å². The predicted molar refractivity (Wildman–Crippen MR) is 91.4 cm³/mol. The van der Waals surface area contributed by atoms with E-state index < -0.39 is 0 Å². The number of halogens is 1. The molecule has 0 saturated heterocycles. The molecular formula is C18H23FN4O. The molecule has 1 aliphatic rings. The molecule has 0 spiro atoms. The van der Waals surface area contributed by atoms with Crippen molar-refractivity contribution in [1.82, 2.24) is 15.5 Å². The van der Waals surface area contributed by atoms with Crippen LogP contribution in [-0.2, 0) is 17.6 Å². The maximum atomic E-state index is 12.9. The number of hydrogen-bond donors (Lipinski definition) is 2. The Morgan fingerprint density at radius 3 is 3.00 bits per heavy atom. The number of H-pyrrole nitrogens is 1. The van der Waals surface area contributed by atoms with Crippen LogP contribution in [0.1, 0.15) is 24.1 Å². The monoisotopic (exact) mass is 330 g/mol. The van der Waals surface area contributed by atoms with Crippen molar-refractivity contribution in [3.05, 3.63) is 47.5 Å². The molecule has 0 radical (unpaired) electrons. The van der Waals surface area contributed by atoms with Gasteiger partial charge in [-0.25, -0.2) is 4.39 Å². The smallest absolute Gasteiger partial charge is 0.223 e. The van der Waals surface area contributed by atoms with E-state index in [1.807, 2.05) is 13.2 Å². The zero-order valence-electron chi connectivity index (χ0n) is 13.9. The zero-order valence-corrected chi connectivity index (χ0v) is 13.9. The highest BCUT2D eigenvalue weighted by molar-refractivity contribution is 5.79. The lowest BCUT2D eigenvalue weighted by Gasteiger charge is -2.22. The Morgan fingerprint density at radius 1 is 1.42 bits per heavy atom. The van der Waals surface area contributed by atoms with Gasteiger partial charge in [0.25, 0.3) is 0 Å². The van der Waals surface area contributed by atoms with Crippen LogP contribution in [-0.4, -0.2) is 36.2 Å². The van der Waals surface area contributed by atoms with Crippen molar-refractivity contribution in [3.63, 3.8) is 0 Å². The second kappa shape index (κ2) is 7.47. The lowest BCUT2D eigenvalue weighted by molar-refractivity contribution is -0.125. The number of nitrogens with one attached hydrogen (secondary N) is 2. The van der Waals surface area contributed by atoms with Crippen LogP contribution in [0.4, 0.5) is 10.1 Å². The summed E-state index contributed by atoms with van der Waals surface area (Å²) < 4.78 is 12.9.